The Labute approximate surface area is 149 Å². The summed E-state index contributed by atoms with van der Waals surface area (Å²) >= 11 is 3.45. The zero-order chi connectivity index (χ0) is 17.1. The Hall–Kier alpha value is -2.60. The third kappa shape index (κ3) is 3.65. The van der Waals surface area contributed by atoms with Gasteiger partial charge >= 0.3 is 0 Å². The molecule has 0 saturated carbocycles. The Kier molecular flexibility index (Phi) is 4.66. The lowest BCUT2D eigenvalue weighted by Crippen LogP contribution is -2.05. The molecule has 0 radical (unpaired) electrons. The molecular weight excluding hydrogens is 366 g/mol. The minimum absolute atomic E-state index is 0.471. The van der Waals surface area contributed by atoms with Crippen molar-refractivity contribution in [2.75, 3.05) is 16.4 Å². The lowest BCUT2D eigenvalue weighted by Gasteiger charge is -2.14. The van der Waals surface area contributed by atoms with Crippen molar-refractivity contribution in [3.8, 4) is 0 Å². The van der Waals surface area contributed by atoms with Gasteiger partial charge in [0.1, 0.15) is 12.0 Å². The number of aromatic nitrogens is 2. The molecule has 0 amide bonds. The average Bonchev–Trinajstić information content (AvgIpc) is 2.55. The summed E-state index contributed by atoms with van der Waals surface area (Å²) in [5, 5.41) is 6.51. The monoisotopic (exact) mass is 383 g/mol. The maximum atomic E-state index is 6.24. The van der Waals surface area contributed by atoms with E-state index in [1.54, 1.807) is 0 Å². The second-order valence-electron chi connectivity index (χ2n) is 5.56. The molecule has 3 aromatic rings. The van der Waals surface area contributed by atoms with Crippen molar-refractivity contribution in [2.24, 2.45) is 0 Å². The van der Waals surface area contributed by atoms with Gasteiger partial charge in [0, 0.05) is 15.8 Å². The van der Waals surface area contributed by atoms with E-state index in [9.17, 15) is 0 Å². The van der Waals surface area contributed by atoms with E-state index in [2.05, 4.69) is 54.7 Å². The molecule has 0 aliphatic rings. The molecule has 122 valence electrons. The highest BCUT2D eigenvalue weighted by Gasteiger charge is 2.10. The number of hydrogen-bond acceptors (Lipinski definition) is 5. The van der Waals surface area contributed by atoms with Gasteiger partial charge in [0.25, 0.3) is 0 Å². The maximum Gasteiger partial charge on any atom is 0.159 e. The molecule has 1 aromatic heterocycles. The second-order valence-corrected chi connectivity index (χ2v) is 6.48. The smallest absolute Gasteiger partial charge is 0.159 e. The third-order valence-corrected chi connectivity index (χ3v) is 4.11. The van der Waals surface area contributed by atoms with Crippen LogP contribution in [0.15, 0.2) is 53.3 Å². The first-order valence-electron chi connectivity index (χ1n) is 7.50. The number of benzene rings is 2. The van der Waals surface area contributed by atoms with Crippen molar-refractivity contribution in [1.29, 1.82) is 0 Å². The summed E-state index contributed by atoms with van der Waals surface area (Å²) in [4.78, 5) is 8.51. The Morgan fingerprint density at radius 1 is 0.958 bits per heavy atom. The Bertz CT molecular complexity index is 879. The van der Waals surface area contributed by atoms with Crippen LogP contribution in [0.5, 0.6) is 0 Å². The zero-order valence-electron chi connectivity index (χ0n) is 13.5. The van der Waals surface area contributed by atoms with E-state index in [0.29, 0.717) is 17.3 Å². The molecule has 0 fully saturated rings. The van der Waals surface area contributed by atoms with E-state index in [-0.39, 0.29) is 0 Å². The minimum atomic E-state index is 0.471. The number of nitrogen functional groups attached to an aromatic ring is 1. The summed E-state index contributed by atoms with van der Waals surface area (Å²) in [7, 11) is 0. The largest absolute Gasteiger partial charge is 0.393 e. The first kappa shape index (κ1) is 16.3. The fourth-order valence-corrected chi connectivity index (χ4v) is 2.70. The molecule has 1 heterocycles. The van der Waals surface area contributed by atoms with Crippen molar-refractivity contribution in [1.82, 2.24) is 9.97 Å². The van der Waals surface area contributed by atoms with Gasteiger partial charge in [-0.15, -0.1) is 0 Å². The van der Waals surface area contributed by atoms with Gasteiger partial charge < -0.3 is 16.4 Å². The average molecular weight is 384 g/mol. The fourth-order valence-electron chi connectivity index (χ4n) is 2.30. The highest BCUT2D eigenvalue weighted by molar-refractivity contribution is 9.10. The molecule has 6 heteroatoms. The summed E-state index contributed by atoms with van der Waals surface area (Å²) in [6.07, 6.45) is 1.49. The standard InChI is InChI=1S/C18H18BrN5/c1-11-6-7-12(2)15(8-11)24-18-16(20)17(21-10-22-18)23-14-5-3-4-13(19)9-14/h3-10H,20H2,1-2H3,(H2,21,22,23,24). The highest BCUT2D eigenvalue weighted by atomic mass is 79.9. The van der Waals surface area contributed by atoms with Gasteiger partial charge in [-0.2, -0.15) is 0 Å². The molecule has 4 N–H and O–H groups in total. The van der Waals surface area contributed by atoms with Crippen molar-refractivity contribution in [3.05, 3.63) is 64.4 Å². The van der Waals surface area contributed by atoms with Gasteiger partial charge in [-0.1, -0.05) is 34.1 Å². The highest BCUT2D eigenvalue weighted by Crippen LogP contribution is 2.30. The van der Waals surface area contributed by atoms with Crippen LogP contribution < -0.4 is 16.4 Å². The van der Waals surface area contributed by atoms with Crippen LogP contribution in [0.1, 0.15) is 11.1 Å². The van der Waals surface area contributed by atoms with E-state index < -0.39 is 0 Å². The third-order valence-electron chi connectivity index (χ3n) is 3.62. The molecule has 0 unspecified atom stereocenters. The predicted molar refractivity (Wildman–Crippen MR) is 103 cm³/mol. The molecule has 3 rings (SSSR count). The molecule has 0 aliphatic heterocycles. The van der Waals surface area contributed by atoms with Gasteiger partial charge in [-0.05, 0) is 49.2 Å². The number of hydrogen-bond donors (Lipinski definition) is 3. The normalized spacial score (nSPS) is 10.5. The van der Waals surface area contributed by atoms with E-state index >= 15 is 0 Å². The summed E-state index contributed by atoms with van der Waals surface area (Å²) in [6.45, 7) is 4.09. The van der Waals surface area contributed by atoms with Crippen LogP contribution in [0.2, 0.25) is 0 Å². The lowest BCUT2D eigenvalue weighted by atomic mass is 10.1. The van der Waals surface area contributed by atoms with E-state index in [1.807, 2.05) is 38.1 Å². The van der Waals surface area contributed by atoms with Crippen LogP contribution in [0.25, 0.3) is 0 Å². The SMILES string of the molecule is Cc1ccc(C)c(Nc2ncnc(Nc3cccc(Br)c3)c2N)c1. The summed E-state index contributed by atoms with van der Waals surface area (Å²) in [5.74, 6) is 1.15. The number of anilines is 5. The topological polar surface area (TPSA) is 75.9 Å². The second kappa shape index (κ2) is 6.88. The molecule has 2 aromatic carbocycles. The van der Waals surface area contributed by atoms with Crippen LogP contribution in [0.3, 0.4) is 0 Å². The van der Waals surface area contributed by atoms with Gasteiger partial charge in [0.15, 0.2) is 11.6 Å². The predicted octanol–water partition coefficient (Wildman–Crippen LogP) is 4.93. The van der Waals surface area contributed by atoms with Crippen LogP contribution in [0, 0.1) is 13.8 Å². The van der Waals surface area contributed by atoms with Gasteiger partial charge in [-0.25, -0.2) is 9.97 Å². The Balaban J connectivity index is 1.89. The van der Waals surface area contributed by atoms with Crippen LogP contribution in [-0.2, 0) is 0 Å². The number of halogens is 1. The molecule has 0 atom stereocenters. The molecule has 24 heavy (non-hydrogen) atoms. The first-order valence-corrected chi connectivity index (χ1v) is 8.29. The minimum Gasteiger partial charge on any atom is -0.393 e. The molecule has 5 nitrogen and oxygen atoms in total. The quantitative estimate of drug-likeness (QED) is 0.595. The molecular formula is C18H18BrN5. The Morgan fingerprint density at radius 3 is 2.46 bits per heavy atom. The van der Waals surface area contributed by atoms with Crippen molar-refractivity contribution >= 4 is 44.6 Å². The number of nitrogens with one attached hydrogen (secondary N) is 2. The van der Waals surface area contributed by atoms with Crippen molar-refractivity contribution in [2.45, 2.75) is 13.8 Å². The summed E-state index contributed by atoms with van der Waals surface area (Å²) in [5.41, 5.74) is 10.9. The fraction of sp³-hybridized carbons (Fsp3) is 0.111. The number of nitrogens with two attached hydrogens (primary N) is 1. The van der Waals surface area contributed by atoms with Gasteiger partial charge in [0.05, 0.1) is 0 Å². The van der Waals surface area contributed by atoms with Gasteiger partial charge in [0.2, 0.25) is 0 Å². The number of rotatable bonds is 4. The summed E-state index contributed by atoms with van der Waals surface area (Å²) in [6, 6.07) is 14.0. The maximum absolute atomic E-state index is 6.24. The molecule has 0 saturated heterocycles. The van der Waals surface area contributed by atoms with Crippen LogP contribution >= 0.6 is 15.9 Å². The van der Waals surface area contributed by atoms with E-state index in [0.717, 1.165) is 21.4 Å². The first-order chi connectivity index (χ1) is 11.5. The van der Waals surface area contributed by atoms with E-state index in [1.165, 1.54) is 11.9 Å². The van der Waals surface area contributed by atoms with Crippen LogP contribution in [-0.4, -0.2) is 9.97 Å². The van der Waals surface area contributed by atoms with Gasteiger partial charge in [-0.3, -0.25) is 0 Å². The number of nitrogens with zero attached hydrogens (tertiary/aromatic N) is 2. The molecule has 0 aliphatic carbocycles. The molecule has 0 spiro atoms. The van der Waals surface area contributed by atoms with Crippen LogP contribution in [0.4, 0.5) is 28.7 Å². The summed E-state index contributed by atoms with van der Waals surface area (Å²) < 4.78 is 0.980. The molecule has 0 bridgehead atoms. The van der Waals surface area contributed by atoms with E-state index in [4.69, 9.17) is 5.73 Å². The lowest BCUT2D eigenvalue weighted by molar-refractivity contribution is 1.17. The Morgan fingerprint density at radius 2 is 1.71 bits per heavy atom. The zero-order valence-corrected chi connectivity index (χ0v) is 15.1. The van der Waals surface area contributed by atoms with Crippen molar-refractivity contribution < 1.29 is 0 Å². The van der Waals surface area contributed by atoms with Crippen molar-refractivity contribution in [3.63, 3.8) is 0 Å². The number of aryl methyl sites for hydroxylation is 2.